The van der Waals surface area contributed by atoms with E-state index in [2.05, 4.69) is 48.5 Å². The first-order valence-electron chi connectivity index (χ1n) is 9.48. The monoisotopic (exact) mass is 475 g/mol. The van der Waals surface area contributed by atoms with Gasteiger partial charge in [0.05, 0.1) is 13.2 Å². The summed E-state index contributed by atoms with van der Waals surface area (Å²) in [6.45, 7) is 8.09. The fourth-order valence-electron chi connectivity index (χ4n) is 2.96. The number of hydrogen-bond donors (Lipinski definition) is 1. The first-order valence-corrected chi connectivity index (χ1v) is 9.48. The van der Waals surface area contributed by atoms with Crippen molar-refractivity contribution >= 4 is 29.9 Å². The normalized spacial score (nSPS) is 17.0. The number of rotatable bonds is 10. The summed E-state index contributed by atoms with van der Waals surface area (Å²) in [6.07, 6.45) is 3.07. The molecule has 1 aliphatic heterocycles. The maximum atomic E-state index is 5.73. The number of guanidine groups is 1. The Labute approximate surface area is 175 Å². The van der Waals surface area contributed by atoms with Crippen LogP contribution in [-0.2, 0) is 15.9 Å². The molecule has 26 heavy (non-hydrogen) atoms. The molecule has 2 rings (SSSR count). The number of benzene rings is 1. The highest BCUT2D eigenvalue weighted by molar-refractivity contribution is 14.0. The van der Waals surface area contributed by atoms with E-state index in [1.807, 2.05) is 6.07 Å². The number of nitrogens with one attached hydrogen (secondary N) is 1. The number of aliphatic imine (C=N–C) groups is 1. The molecule has 0 saturated carbocycles. The molecule has 1 aliphatic rings. The van der Waals surface area contributed by atoms with Gasteiger partial charge in [0.2, 0.25) is 0 Å². The number of hydrogen-bond acceptors (Lipinski definition) is 3. The molecule has 148 valence electrons. The minimum Gasteiger partial charge on any atom is -0.381 e. The highest BCUT2D eigenvalue weighted by Gasteiger charge is 2.18. The molecule has 1 aromatic carbocycles. The van der Waals surface area contributed by atoms with E-state index in [1.165, 1.54) is 5.56 Å². The number of halogens is 1. The van der Waals surface area contributed by atoms with Gasteiger partial charge >= 0.3 is 0 Å². The zero-order chi connectivity index (χ0) is 17.7. The van der Waals surface area contributed by atoms with E-state index >= 15 is 0 Å². The minimum atomic E-state index is 0. The maximum Gasteiger partial charge on any atom is 0.193 e. The highest BCUT2D eigenvalue weighted by atomic mass is 127. The van der Waals surface area contributed by atoms with Crippen LogP contribution in [-0.4, -0.2) is 64.0 Å². The van der Waals surface area contributed by atoms with Crippen molar-refractivity contribution in [3.8, 4) is 0 Å². The molecule has 5 nitrogen and oxygen atoms in total. The zero-order valence-electron chi connectivity index (χ0n) is 16.2. The van der Waals surface area contributed by atoms with Crippen molar-refractivity contribution in [2.45, 2.75) is 26.2 Å². The van der Waals surface area contributed by atoms with E-state index < -0.39 is 0 Å². The lowest BCUT2D eigenvalue weighted by Crippen LogP contribution is -2.41. The van der Waals surface area contributed by atoms with Crippen LogP contribution < -0.4 is 5.32 Å². The molecule has 1 N–H and O–H groups in total. The molecule has 1 saturated heterocycles. The van der Waals surface area contributed by atoms with Gasteiger partial charge in [-0.15, -0.1) is 24.0 Å². The van der Waals surface area contributed by atoms with Crippen LogP contribution in [0.4, 0.5) is 0 Å². The molecular formula is C20H34IN3O2. The average Bonchev–Trinajstić information content (AvgIpc) is 3.13. The van der Waals surface area contributed by atoms with Gasteiger partial charge in [0.25, 0.3) is 0 Å². The standard InChI is InChI=1S/C20H33N3O2.HI/c1-3-21-20(23(2)16-19-11-15-25-17-19)22-12-7-13-24-14-10-18-8-5-4-6-9-18;/h4-6,8-9,19H,3,7,10-17H2,1-2H3,(H,21,22);1H. The van der Waals surface area contributed by atoms with E-state index in [0.717, 1.165) is 71.3 Å². The topological polar surface area (TPSA) is 46.1 Å². The smallest absolute Gasteiger partial charge is 0.193 e. The largest absolute Gasteiger partial charge is 0.381 e. The van der Waals surface area contributed by atoms with Gasteiger partial charge in [-0.2, -0.15) is 0 Å². The fourth-order valence-corrected chi connectivity index (χ4v) is 2.96. The molecule has 0 spiro atoms. The first kappa shape index (κ1) is 23.2. The summed E-state index contributed by atoms with van der Waals surface area (Å²) in [6, 6.07) is 10.5. The lowest BCUT2D eigenvalue weighted by molar-refractivity contribution is 0.136. The number of nitrogens with zero attached hydrogens (tertiary/aromatic N) is 2. The summed E-state index contributed by atoms with van der Waals surface area (Å²) in [5.74, 6) is 1.61. The van der Waals surface area contributed by atoms with Crippen molar-refractivity contribution in [2.24, 2.45) is 10.9 Å². The molecule has 1 aromatic rings. The van der Waals surface area contributed by atoms with Crippen molar-refractivity contribution in [1.29, 1.82) is 0 Å². The quantitative estimate of drug-likeness (QED) is 0.245. The van der Waals surface area contributed by atoms with E-state index in [4.69, 9.17) is 14.5 Å². The second-order valence-corrected chi connectivity index (χ2v) is 6.55. The van der Waals surface area contributed by atoms with Crippen molar-refractivity contribution in [3.63, 3.8) is 0 Å². The van der Waals surface area contributed by atoms with Crippen LogP contribution in [0, 0.1) is 5.92 Å². The van der Waals surface area contributed by atoms with Crippen molar-refractivity contribution < 1.29 is 9.47 Å². The van der Waals surface area contributed by atoms with E-state index in [0.29, 0.717) is 5.92 Å². The van der Waals surface area contributed by atoms with Gasteiger partial charge in [-0.1, -0.05) is 30.3 Å². The highest BCUT2D eigenvalue weighted by Crippen LogP contribution is 2.13. The zero-order valence-corrected chi connectivity index (χ0v) is 18.5. The molecule has 0 amide bonds. The van der Waals surface area contributed by atoms with Gasteiger partial charge in [-0.25, -0.2) is 0 Å². The Hall–Kier alpha value is -0.860. The van der Waals surface area contributed by atoms with Gasteiger partial charge in [-0.3, -0.25) is 4.99 Å². The van der Waals surface area contributed by atoms with Crippen LogP contribution in [0.3, 0.4) is 0 Å². The van der Waals surface area contributed by atoms with E-state index in [-0.39, 0.29) is 24.0 Å². The van der Waals surface area contributed by atoms with E-state index in [9.17, 15) is 0 Å². The van der Waals surface area contributed by atoms with Gasteiger partial charge < -0.3 is 19.7 Å². The van der Waals surface area contributed by atoms with Crippen molar-refractivity contribution in [2.75, 3.05) is 53.1 Å². The van der Waals surface area contributed by atoms with Gasteiger partial charge in [-0.05, 0) is 31.7 Å². The molecule has 0 aromatic heterocycles. The third-order valence-corrected chi connectivity index (χ3v) is 4.34. The molecule has 6 heteroatoms. The van der Waals surface area contributed by atoms with Gasteiger partial charge in [0, 0.05) is 45.8 Å². The van der Waals surface area contributed by atoms with Crippen LogP contribution in [0.25, 0.3) is 0 Å². The van der Waals surface area contributed by atoms with Crippen molar-refractivity contribution in [1.82, 2.24) is 10.2 Å². The molecule has 0 radical (unpaired) electrons. The summed E-state index contributed by atoms with van der Waals surface area (Å²) in [4.78, 5) is 6.94. The molecule has 1 atom stereocenters. The van der Waals surface area contributed by atoms with Crippen LogP contribution in [0.15, 0.2) is 35.3 Å². The lowest BCUT2D eigenvalue weighted by Gasteiger charge is -2.24. The Kier molecular flexibility index (Phi) is 12.7. The summed E-state index contributed by atoms with van der Waals surface area (Å²) >= 11 is 0. The third kappa shape index (κ3) is 9.19. The summed E-state index contributed by atoms with van der Waals surface area (Å²) in [5.41, 5.74) is 1.33. The van der Waals surface area contributed by atoms with Crippen LogP contribution >= 0.6 is 24.0 Å². The van der Waals surface area contributed by atoms with Crippen LogP contribution in [0.2, 0.25) is 0 Å². The minimum absolute atomic E-state index is 0. The Morgan fingerprint density at radius 2 is 2.12 bits per heavy atom. The first-order chi connectivity index (χ1) is 12.3. The van der Waals surface area contributed by atoms with Crippen LogP contribution in [0.5, 0.6) is 0 Å². The Morgan fingerprint density at radius 3 is 2.81 bits per heavy atom. The molecule has 0 aliphatic carbocycles. The van der Waals surface area contributed by atoms with Gasteiger partial charge in [0.1, 0.15) is 0 Å². The predicted octanol–water partition coefficient (Wildman–Crippen LogP) is 3.19. The molecule has 1 fully saturated rings. The number of ether oxygens (including phenoxy) is 2. The Morgan fingerprint density at radius 1 is 1.31 bits per heavy atom. The lowest BCUT2D eigenvalue weighted by atomic mass is 10.1. The van der Waals surface area contributed by atoms with Crippen LogP contribution in [0.1, 0.15) is 25.3 Å². The van der Waals surface area contributed by atoms with E-state index in [1.54, 1.807) is 0 Å². The Bertz CT molecular complexity index is 493. The maximum absolute atomic E-state index is 5.73. The summed E-state index contributed by atoms with van der Waals surface area (Å²) < 4.78 is 11.2. The molecule has 1 heterocycles. The summed E-state index contributed by atoms with van der Waals surface area (Å²) in [7, 11) is 2.11. The van der Waals surface area contributed by atoms with Gasteiger partial charge in [0.15, 0.2) is 5.96 Å². The molecule has 0 bridgehead atoms. The average molecular weight is 475 g/mol. The molecule has 1 unspecified atom stereocenters. The second-order valence-electron chi connectivity index (χ2n) is 6.55. The van der Waals surface area contributed by atoms with Crippen molar-refractivity contribution in [3.05, 3.63) is 35.9 Å². The summed E-state index contributed by atoms with van der Waals surface area (Å²) in [5, 5.41) is 3.37. The SMILES string of the molecule is CCNC(=NCCCOCCc1ccccc1)N(C)CC1CCOC1.I. The molecular weight excluding hydrogens is 441 g/mol. The Balaban J connectivity index is 0.00000338. The third-order valence-electron chi connectivity index (χ3n) is 4.34. The second kappa shape index (κ2) is 14.2. The predicted molar refractivity (Wildman–Crippen MR) is 119 cm³/mol. The fraction of sp³-hybridized carbons (Fsp3) is 0.650.